The highest BCUT2D eigenvalue weighted by atomic mass is 16.6. The zero-order valence-electron chi connectivity index (χ0n) is 27.6. The predicted molar refractivity (Wildman–Crippen MR) is 178 cm³/mol. The number of hydrogen-bond donors (Lipinski definition) is 2. The van der Waals surface area contributed by atoms with Gasteiger partial charge in [0, 0.05) is 40.8 Å². The molecule has 46 heavy (non-hydrogen) atoms. The Kier molecular flexibility index (Phi) is 8.32. The predicted octanol–water partition coefficient (Wildman–Crippen LogP) is 8.10. The summed E-state index contributed by atoms with van der Waals surface area (Å²) >= 11 is 0. The van der Waals surface area contributed by atoms with Gasteiger partial charge in [0.15, 0.2) is 0 Å². The van der Waals surface area contributed by atoms with Crippen LogP contribution in [-0.4, -0.2) is 61.2 Å². The number of ether oxygens (including phenoxy) is 2. The Morgan fingerprint density at radius 2 is 1.37 bits per heavy atom. The summed E-state index contributed by atoms with van der Waals surface area (Å²) in [4.78, 5) is 40.7. The van der Waals surface area contributed by atoms with E-state index in [2.05, 4.69) is 38.9 Å². The number of carbonyl (C=O) groups excluding carboxylic acids is 2. The van der Waals surface area contributed by atoms with Crippen LogP contribution in [0.25, 0.3) is 22.2 Å². The lowest BCUT2D eigenvalue weighted by atomic mass is 10.1. The molecule has 2 amide bonds. The van der Waals surface area contributed by atoms with Crippen molar-refractivity contribution in [1.29, 1.82) is 0 Å². The van der Waals surface area contributed by atoms with Crippen molar-refractivity contribution in [2.45, 2.75) is 90.5 Å². The number of benzene rings is 2. The molecule has 240 valence electrons. The van der Waals surface area contributed by atoms with E-state index in [1.165, 1.54) is 0 Å². The molecule has 0 radical (unpaired) electrons. The topological polar surface area (TPSA) is 104 Å². The third kappa shape index (κ3) is 7.07. The second-order valence-electron chi connectivity index (χ2n) is 14.2. The molecule has 2 aromatic heterocycles. The van der Waals surface area contributed by atoms with Crippen molar-refractivity contribution < 1.29 is 19.1 Å². The van der Waals surface area contributed by atoms with E-state index < -0.39 is 11.2 Å². The van der Waals surface area contributed by atoms with Gasteiger partial charge >= 0.3 is 12.2 Å². The van der Waals surface area contributed by atoms with Crippen molar-refractivity contribution in [3.05, 3.63) is 77.4 Å². The Hall–Kier alpha value is -4.71. The first-order valence-corrected chi connectivity index (χ1v) is 16.1. The van der Waals surface area contributed by atoms with Crippen molar-refractivity contribution in [2.24, 2.45) is 0 Å². The lowest BCUT2D eigenvalue weighted by Crippen LogP contribution is -2.36. The van der Waals surface area contributed by atoms with Crippen LogP contribution in [0.15, 0.2) is 54.7 Å². The van der Waals surface area contributed by atoms with Crippen LogP contribution in [0, 0.1) is 11.8 Å². The molecule has 9 nitrogen and oxygen atoms in total. The molecule has 0 bridgehead atoms. The van der Waals surface area contributed by atoms with Crippen molar-refractivity contribution in [3.8, 4) is 23.1 Å². The number of aromatic nitrogens is 3. The van der Waals surface area contributed by atoms with Gasteiger partial charge in [-0.1, -0.05) is 24.0 Å². The van der Waals surface area contributed by atoms with Gasteiger partial charge in [-0.2, -0.15) is 0 Å². The van der Waals surface area contributed by atoms with Gasteiger partial charge in [0.2, 0.25) is 0 Å². The maximum atomic E-state index is 12.8. The summed E-state index contributed by atoms with van der Waals surface area (Å²) in [7, 11) is 0. The molecule has 2 fully saturated rings. The summed E-state index contributed by atoms with van der Waals surface area (Å²) in [5, 5.41) is 1.07. The molecule has 6 rings (SSSR count). The van der Waals surface area contributed by atoms with Crippen LogP contribution in [0.1, 0.15) is 102 Å². The van der Waals surface area contributed by atoms with Crippen molar-refractivity contribution in [3.63, 3.8) is 0 Å². The highest BCUT2D eigenvalue weighted by Gasteiger charge is 2.35. The Labute approximate surface area is 270 Å². The number of aromatic amines is 2. The van der Waals surface area contributed by atoms with Gasteiger partial charge in [-0.15, -0.1) is 0 Å². The smallest absolute Gasteiger partial charge is 0.410 e. The molecule has 0 unspecified atom stereocenters. The fraction of sp³-hybridized carbons (Fsp3) is 0.432. The number of fused-ring (bicyclic) bond motifs is 1. The van der Waals surface area contributed by atoms with Crippen molar-refractivity contribution >= 4 is 23.1 Å². The molecule has 0 saturated carbocycles. The van der Waals surface area contributed by atoms with Gasteiger partial charge in [0.05, 0.1) is 24.0 Å². The number of imidazole rings is 1. The van der Waals surface area contributed by atoms with Gasteiger partial charge < -0.3 is 19.4 Å². The minimum Gasteiger partial charge on any atom is -0.444 e. The maximum Gasteiger partial charge on any atom is 0.410 e. The molecule has 2 atom stereocenters. The maximum absolute atomic E-state index is 12.8. The zero-order valence-corrected chi connectivity index (χ0v) is 27.6. The Balaban J connectivity index is 1.12. The average molecular weight is 622 g/mol. The fourth-order valence-electron chi connectivity index (χ4n) is 6.16. The second-order valence-corrected chi connectivity index (χ2v) is 14.2. The van der Waals surface area contributed by atoms with Crippen LogP contribution < -0.4 is 0 Å². The van der Waals surface area contributed by atoms with E-state index in [1.54, 1.807) is 4.90 Å². The molecule has 9 heteroatoms. The number of nitrogens with zero attached hydrogens (tertiary/aromatic N) is 3. The molecule has 2 N–H and O–H groups in total. The monoisotopic (exact) mass is 621 g/mol. The molecular weight excluding hydrogens is 578 g/mol. The first kappa shape index (κ1) is 31.3. The van der Waals surface area contributed by atoms with Crippen LogP contribution in [0.4, 0.5) is 9.59 Å². The highest BCUT2D eigenvalue weighted by Crippen LogP contribution is 2.35. The summed E-state index contributed by atoms with van der Waals surface area (Å²) in [6, 6.07) is 16.2. The number of amides is 2. The number of hydrogen-bond acceptors (Lipinski definition) is 5. The zero-order chi connectivity index (χ0) is 32.6. The Bertz CT molecular complexity index is 1800. The van der Waals surface area contributed by atoms with Crippen molar-refractivity contribution in [1.82, 2.24) is 24.8 Å². The number of carbonyl (C=O) groups is 2. The summed E-state index contributed by atoms with van der Waals surface area (Å²) < 4.78 is 11.3. The number of nitrogens with one attached hydrogen (secondary N) is 2. The molecule has 2 saturated heterocycles. The summed E-state index contributed by atoms with van der Waals surface area (Å²) in [5.74, 6) is 7.36. The molecule has 0 spiro atoms. The molecule has 2 aliphatic heterocycles. The van der Waals surface area contributed by atoms with Crippen LogP contribution in [0.3, 0.4) is 0 Å². The van der Waals surface area contributed by atoms with E-state index in [1.807, 2.05) is 89.0 Å². The first-order chi connectivity index (χ1) is 21.8. The normalized spacial score (nSPS) is 18.5. The highest BCUT2D eigenvalue weighted by molar-refractivity contribution is 5.82. The molecule has 0 aliphatic carbocycles. The van der Waals surface area contributed by atoms with E-state index in [-0.39, 0.29) is 24.3 Å². The third-order valence-corrected chi connectivity index (χ3v) is 8.22. The molecule has 2 aliphatic rings. The van der Waals surface area contributed by atoms with E-state index >= 15 is 0 Å². The standard InChI is InChI=1S/C37H43N5O4/c1-36(2,3)45-34(43)41-19-7-9-31(41)29-22-27-21-25(15-18-28(27)39-29)12-11-24-13-16-26(17-14-24)30-23-38-33(40-30)32-10-8-20-42(32)35(44)46-37(4,5)6/h13-18,21-23,31-32,39H,7-10,19-20H2,1-6H3,(H,38,40)/t31-,32-/m0/s1. The number of H-pyrrole nitrogens is 2. The van der Waals surface area contributed by atoms with Gasteiger partial charge in [0.1, 0.15) is 17.0 Å². The fourth-order valence-corrected chi connectivity index (χ4v) is 6.16. The second kappa shape index (κ2) is 12.2. The molecule has 4 heterocycles. The lowest BCUT2D eigenvalue weighted by Gasteiger charge is -2.28. The SMILES string of the molecule is CC(C)(C)OC(=O)N1CCC[C@H]1c1cc2cc(C#Cc3ccc(-c4cnc([C@@H]5CCCN5C(=O)OC(C)(C)C)[nH]4)cc3)ccc2[nH]1. The van der Waals surface area contributed by atoms with E-state index in [9.17, 15) is 9.59 Å². The first-order valence-electron chi connectivity index (χ1n) is 16.1. The lowest BCUT2D eigenvalue weighted by molar-refractivity contribution is 0.0210. The van der Waals surface area contributed by atoms with Crippen LogP contribution in [-0.2, 0) is 9.47 Å². The van der Waals surface area contributed by atoms with E-state index in [4.69, 9.17) is 9.47 Å². The van der Waals surface area contributed by atoms with Gasteiger partial charge in [-0.05, 0) is 109 Å². The van der Waals surface area contributed by atoms with E-state index in [0.717, 1.165) is 70.5 Å². The van der Waals surface area contributed by atoms with Crippen LogP contribution in [0.5, 0.6) is 0 Å². The summed E-state index contributed by atoms with van der Waals surface area (Å²) in [5.41, 5.74) is 4.70. The summed E-state index contributed by atoms with van der Waals surface area (Å²) in [6.45, 7) is 12.7. The Morgan fingerprint density at radius 3 is 2.02 bits per heavy atom. The van der Waals surface area contributed by atoms with E-state index in [0.29, 0.717) is 13.1 Å². The molecule has 2 aromatic carbocycles. The Morgan fingerprint density at radius 1 is 0.783 bits per heavy atom. The minimum atomic E-state index is -0.538. The third-order valence-electron chi connectivity index (χ3n) is 8.22. The van der Waals surface area contributed by atoms with Crippen LogP contribution in [0.2, 0.25) is 0 Å². The average Bonchev–Trinajstić information content (AvgIpc) is 3.79. The minimum absolute atomic E-state index is 0.0247. The summed E-state index contributed by atoms with van der Waals surface area (Å²) in [6.07, 6.45) is 4.87. The number of rotatable bonds is 3. The molecular formula is C37H43N5O4. The van der Waals surface area contributed by atoms with Gasteiger partial charge in [-0.3, -0.25) is 9.80 Å². The van der Waals surface area contributed by atoms with Crippen LogP contribution >= 0.6 is 0 Å². The number of likely N-dealkylation sites (tertiary alicyclic amines) is 2. The van der Waals surface area contributed by atoms with Crippen molar-refractivity contribution in [2.75, 3.05) is 13.1 Å². The van der Waals surface area contributed by atoms with Gasteiger partial charge in [-0.25, -0.2) is 14.6 Å². The molecule has 4 aromatic rings. The quantitative estimate of drug-likeness (QED) is 0.225. The van der Waals surface area contributed by atoms with Gasteiger partial charge in [0.25, 0.3) is 0 Å². The largest absolute Gasteiger partial charge is 0.444 e.